The van der Waals surface area contributed by atoms with Crippen molar-refractivity contribution in [2.24, 2.45) is 0 Å². The normalized spacial score (nSPS) is 11.5. The van der Waals surface area contributed by atoms with Crippen molar-refractivity contribution in [3.05, 3.63) is 224 Å². The van der Waals surface area contributed by atoms with Crippen LogP contribution >= 0.6 is 0 Å². The monoisotopic (exact) mass is 769 g/mol. The molecule has 0 aliphatic carbocycles. The van der Waals surface area contributed by atoms with Gasteiger partial charge in [-0.2, -0.15) is 0 Å². The average Bonchev–Trinajstić information content (AvgIpc) is 3.75. The van der Waals surface area contributed by atoms with E-state index < -0.39 is 8.80 Å². The largest absolute Gasteiger partial charge is 0.435 e. The summed E-state index contributed by atoms with van der Waals surface area (Å²) >= 11 is 0. The molecule has 0 bridgehead atoms. The highest BCUT2D eigenvalue weighted by atomic mass is 28.3. The first-order chi connectivity index (χ1) is 29.2. The molecule has 0 aliphatic rings. The van der Waals surface area contributed by atoms with Gasteiger partial charge in [0.25, 0.3) is 0 Å². The fourth-order valence-electron chi connectivity index (χ4n) is 8.57. The maximum Gasteiger partial charge on any atom is 0.227 e. The first-order valence-electron chi connectivity index (χ1n) is 20.0. The van der Waals surface area contributed by atoms with Gasteiger partial charge in [0.2, 0.25) is 5.89 Å². The highest BCUT2D eigenvalue weighted by molar-refractivity contribution is 6.95. The summed E-state index contributed by atoms with van der Waals surface area (Å²) in [4.78, 5) is 7.35. The topological polar surface area (TPSA) is 29.3 Å². The molecular weight excluding hydrogens is 733 g/mol. The van der Waals surface area contributed by atoms with Crippen molar-refractivity contribution in [1.82, 2.24) is 4.98 Å². The van der Waals surface area contributed by atoms with E-state index in [1.54, 1.807) is 0 Å². The minimum atomic E-state index is -1.23. The molecule has 0 N–H and O–H groups in total. The lowest BCUT2D eigenvalue weighted by molar-refractivity contribution is 0.623. The Bertz CT molecular complexity index is 3240. The zero-order valence-corrected chi connectivity index (χ0v) is 33.2. The SMILES string of the molecule is c1ccc(-c2nc3ccc4ccc5ccc(N(c6cccc(-c7cccc([Si](c8ccccc8)c8ccccc8)c7)c6)c6cccc7ccccc67)cc5c4c3o2)cc1. The molecule has 11 rings (SSSR count). The van der Waals surface area contributed by atoms with Crippen LogP contribution in [0.2, 0.25) is 0 Å². The quantitative estimate of drug-likeness (QED) is 0.0876. The number of hydrogen-bond acceptors (Lipinski definition) is 3. The Morgan fingerprint density at radius 2 is 0.949 bits per heavy atom. The molecule has 0 amide bonds. The molecule has 0 atom stereocenters. The lowest BCUT2D eigenvalue weighted by atomic mass is 9.99. The highest BCUT2D eigenvalue weighted by Crippen LogP contribution is 2.43. The third kappa shape index (κ3) is 6.37. The number of hydrogen-bond donors (Lipinski definition) is 0. The summed E-state index contributed by atoms with van der Waals surface area (Å²) in [5.41, 5.74) is 8.23. The summed E-state index contributed by atoms with van der Waals surface area (Å²) in [6, 6.07) is 80.9. The molecule has 0 fully saturated rings. The smallest absolute Gasteiger partial charge is 0.227 e. The zero-order chi connectivity index (χ0) is 39.1. The molecule has 0 saturated carbocycles. The molecule has 0 unspecified atom stereocenters. The Morgan fingerprint density at radius 1 is 0.390 bits per heavy atom. The number of oxazole rings is 1. The van der Waals surface area contributed by atoms with E-state index in [2.05, 4.69) is 199 Å². The predicted molar refractivity (Wildman–Crippen MR) is 250 cm³/mol. The van der Waals surface area contributed by atoms with E-state index in [0.29, 0.717) is 5.89 Å². The molecule has 10 aromatic carbocycles. The first-order valence-corrected chi connectivity index (χ1v) is 21.5. The van der Waals surface area contributed by atoms with Crippen LogP contribution in [0, 0.1) is 0 Å². The molecule has 0 spiro atoms. The van der Waals surface area contributed by atoms with Gasteiger partial charge in [0.15, 0.2) is 14.4 Å². The summed E-state index contributed by atoms with van der Waals surface area (Å²) in [6.45, 7) is 0. The molecule has 0 aliphatic heterocycles. The predicted octanol–water partition coefficient (Wildman–Crippen LogP) is 12.6. The minimum absolute atomic E-state index is 0.625. The van der Waals surface area contributed by atoms with Crippen molar-refractivity contribution < 1.29 is 4.42 Å². The Balaban J connectivity index is 1.09. The number of nitrogens with zero attached hydrogens (tertiary/aromatic N) is 2. The van der Waals surface area contributed by atoms with Crippen LogP contribution in [0.1, 0.15) is 0 Å². The third-order valence-corrected chi connectivity index (χ3v) is 14.0. The third-order valence-electron chi connectivity index (χ3n) is 11.3. The zero-order valence-electron chi connectivity index (χ0n) is 32.2. The van der Waals surface area contributed by atoms with E-state index in [1.807, 2.05) is 30.3 Å². The summed E-state index contributed by atoms with van der Waals surface area (Å²) in [5, 5.41) is 10.9. The van der Waals surface area contributed by atoms with Gasteiger partial charge in [-0.05, 0) is 81.2 Å². The number of aromatic nitrogens is 1. The molecule has 1 aromatic heterocycles. The molecule has 277 valence electrons. The van der Waals surface area contributed by atoms with Crippen molar-refractivity contribution in [3.63, 3.8) is 0 Å². The highest BCUT2D eigenvalue weighted by Gasteiger charge is 2.22. The molecule has 1 radical (unpaired) electrons. The van der Waals surface area contributed by atoms with E-state index in [4.69, 9.17) is 9.40 Å². The molecule has 11 aromatic rings. The van der Waals surface area contributed by atoms with E-state index in [9.17, 15) is 0 Å². The molecule has 1 heterocycles. The standard InChI is InChI=1S/C55H37N2OSi/c1-4-16-41(17-5-1)55-56-51-34-32-40-30-29-39-31-33-45(37-50(39)53(40)54(51)58-55)57(52-28-14-18-38-15-10-11-27-49(38)52)44-21-12-19-42(35-44)43-20-13-26-48(36-43)59(46-22-6-2-7-23-46)47-24-8-3-9-25-47/h1-37H. The van der Waals surface area contributed by atoms with Gasteiger partial charge in [-0.3, -0.25) is 0 Å². The van der Waals surface area contributed by atoms with Crippen molar-refractivity contribution in [3.8, 4) is 22.6 Å². The van der Waals surface area contributed by atoms with Crippen molar-refractivity contribution >= 4 is 84.8 Å². The van der Waals surface area contributed by atoms with E-state index in [-0.39, 0.29) is 0 Å². The van der Waals surface area contributed by atoms with Crippen LogP contribution < -0.4 is 20.5 Å². The lowest BCUT2D eigenvalue weighted by Gasteiger charge is -2.28. The van der Waals surface area contributed by atoms with Gasteiger partial charge >= 0.3 is 0 Å². The van der Waals surface area contributed by atoms with Gasteiger partial charge < -0.3 is 9.32 Å². The maximum absolute atomic E-state index is 6.63. The molecule has 3 nitrogen and oxygen atoms in total. The van der Waals surface area contributed by atoms with Gasteiger partial charge in [-0.25, -0.2) is 4.98 Å². The Morgan fingerprint density at radius 3 is 1.75 bits per heavy atom. The summed E-state index contributed by atoms with van der Waals surface area (Å²) in [5.74, 6) is 0.625. The number of anilines is 3. The van der Waals surface area contributed by atoms with Crippen LogP contribution in [0.25, 0.3) is 66.0 Å². The Hall–Kier alpha value is -7.53. The lowest BCUT2D eigenvalue weighted by Crippen LogP contribution is -2.51. The van der Waals surface area contributed by atoms with Gasteiger partial charge in [-0.1, -0.05) is 191 Å². The van der Waals surface area contributed by atoms with E-state index in [0.717, 1.165) is 55.3 Å². The van der Waals surface area contributed by atoms with Gasteiger partial charge in [-0.15, -0.1) is 0 Å². The molecule has 59 heavy (non-hydrogen) atoms. The minimum Gasteiger partial charge on any atom is -0.435 e. The fraction of sp³-hybridized carbons (Fsp3) is 0. The van der Waals surface area contributed by atoms with Gasteiger partial charge in [0.05, 0.1) is 5.69 Å². The van der Waals surface area contributed by atoms with Crippen LogP contribution in [0.5, 0.6) is 0 Å². The molecule has 4 heteroatoms. The second kappa shape index (κ2) is 14.8. The van der Waals surface area contributed by atoms with Crippen LogP contribution in [0.15, 0.2) is 229 Å². The van der Waals surface area contributed by atoms with Crippen molar-refractivity contribution in [1.29, 1.82) is 0 Å². The van der Waals surface area contributed by atoms with Crippen LogP contribution in [-0.2, 0) is 0 Å². The Kier molecular flexibility index (Phi) is 8.68. The summed E-state index contributed by atoms with van der Waals surface area (Å²) < 4.78 is 6.63. The number of fused-ring (bicyclic) bond motifs is 6. The van der Waals surface area contributed by atoms with E-state index in [1.165, 1.54) is 37.5 Å². The van der Waals surface area contributed by atoms with Crippen LogP contribution in [-0.4, -0.2) is 13.8 Å². The van der Waals surface area contributed by atoms with E-state index >= 15 is 0 Å². The second-order valence-corrected chi connectivity index (χ2v) is 17.4. The average molecular weight is 770 g/mol. The van der Waals surface area contributed by atoms with Gasteiger partial charge in [0.1, 0.15) is 5.52 Å². The first kappa shape index (κ1) is 34.7. The van der Waals surface area contributed by atoms with Crippen molar-refractivity contribution in [2.45, 2.75) is 0 Å². The number of rotatable bonds is 8. The Labute approximate surface area is 344 Å². The van der Waals surface area contributed by atoms with Gasteiger partial charge in [0, 0.05) is 27.7 Å². The maximum atomic E-state index is 6.63. The van der Waals surface area contributed by atoms with Crippen molar-refractivity contribution in [2.75, 3.05) is 4.90 Å². The molecule has 0 saturated heterocycles. The number of benzene rings is 10. The fourth-order valence-corrected chi connectivity index (χ4v) is 11.2. The van der Waals surface area contributed by atoms with Crippen LogP contribution in [0.4, 0.5) is 17.1 Å². The summed E-state index contributed by atoms with van der Waals surface area (Å²) in [6.07, 6.45) is 0. The molecular formula is C55H37N2OSi. The van der Waals surface area contributed by atoms with Crippen LogP contribution in [0.3, 0.4) is 0 Å². The second-order valence-electron chi connectivity index (χ2n) is 14.9. The summed E-state index contributed by atoms with van der Waals surface area (Å²) in [7, 11) is -1.23.